The molecule has 0 unspecified atom stereocenters. The number of benzene rings is 2. The molecule has 6 heteroatoms. The Bertz CT molecular complexity index is 774. The van der Waals surface area contributed by atoms with Gasteiger partial charge in [-0.1, -0.05) is 67.0 Å². The van der Waals surface area contributed by atoms with Crippen molar-refractivity contribution in [3.8, 4) is 0 Å². The fourth-order valence-electron chi connectivity index (χ4n) is 2.01. The van der Waals surface area contributed by atoms with Crippen LogP contribution in [0.1, 0.15) is 36.2 Å². The van der Waals surface area contributed by atoms with E-state index in [-0.39, 0.29) is 5.91 Å². The summed E-state index contributed by atoms with van der Waals surface area (Å²) in [5.41, 5.74) is 4.26. The molecule has 0 atom stereocenters. The van der Waals surface area contributed by atoms with Gasteiger partial charge < -0.3 is 4.84 Å². The number of carbonyl (C=O) groups excluding carboxylic acids is 1. The van der Waals surface area contributed by atoms with E-state index in [1.165, 1.54) is 6.21 Å². The van der Waals surface area contributed by atoms with E-state index in [0.29, 0.717) is 28.8 Å². The molecule has 0 saturated carbocycles. The van der Waals surface area contributed by atoms with Gasteiger partial charge in [0.05, 0.1) is 6.21 Å². The summed E-state index contributed by atoms with van der Waals surface area (Å²) in [6.45, 7) is 4.77. The average Bonchev–Trinajstić information content (AvgIpc) is 2.64. The molecule has 2 aromatic rings. The maximum atomic E-state index is 12.2. The van der Waals surface area contributed by atoms with Gasteiger partial charge >= 0.3 is 0 Å². The third-order valence-corrected chi connectivity index (χ3v) is 3.71. The molecule has 0 spiro atoms. The molecule has 2 aromatic carbocycles. The van der Waals surface area contributed by atoms with Crippen LogP contribution < -0.4 is 5.43 Å². The first-order valence-corrected chi connectivity index (χ1v) is 8.78. The molecule has 136 valence electrons. The Morgan fingerprint density at radius 2 is 1.88 bits per heavy atom. The van der Waals surface area contributed by atoms with E-state index in [1.54, 1.807) is 24.3 Å². The molecule has 2 rings (SSSR count). The number of rotatable bonds is 8. The summed E-state index contributed by atoms with van der Waals surface area (Å²) in [5, 5.41) is 8.62. The first kappa shape index (κ1) is 19.7. The number of halogens is 1. The molecule has 1 amide bonds. The Hall–Kier alpha value is -2.66. The summed E-state index contributed by atoms with van der Waals surface area (Å²) in [7, 11) is 0. The van der Waals surface area contributed by atoms with Crippen LogP contribution in [-0.2, 0) is 4.84 Å². The van der Waals surface area contributed by atoms with E-state index in [0.717, 1.165) is 12.0 Å². The molecular weight excluding hydrogens is 350 g/mol. The summed E-state index contributed by atoms with van der Waals surface area (Å²) >= 11 is 5.91. The topological polar surface area (TPSA) is 63.1 Å². The zero-order chi connectivity index (χ0) is 18.8. The number of amides is 1. The molecule has 0 heterocycles. The Labute approximate surface area is 158 Å². The molecule has 26 heavy (non-hydrogen) atoms. The highest BCUT2D eigenvalue weighted by Crippen LogP contribution is 2.10. The Balaban J connectivity index is 2.09. The quantitative estimate of drug-likeness (QED) is 0.421. The van der Waals surface area contributed by atoms with Crippen LogP contribution in [0.2, 0.25) is 5.02 Å². The summed E-state index contributed by atoms with van der Waals surface area (Å²) in [4.78, 5) is 17.5. The Morgan fingerprint density at radius 3 is 2.58 bits per heavy atom. The lowest BCUT2D eigenvalue weighted by Gasteiger charge is -2.05. The minimum atomic E-state index is -0.352. The van der Waals surface area contributed by atoms with Crippen molar-refractivity contribution < 1.29 is 9.63 Å². The average molecular weight is 372 g/mol. The second-order valence-corrected chi connectivity index (χ2v) is 6.50. The van der Waals surface area contributed by atoms with Crippen molar-refractivity contribution in [1.82, 2.24) is 5.43 Å². The van der Waals surface area contributed by atoms with Gasteiger partial charge in [0.25, 0.3) is 5.91 Å². The smallest absolute Gasteiger partial charge is 0.271 e. The number of nitrogens with one attached hydrogen (secondary N) is 1. The number of carbonyl (C=O) groups is 1. The summed E-state index contributed by atoms with van der Waals surface area (Å²) in [6.07, 6.45) is 2.41. The SMILES string of the molecule is CC(C)CCON=CC(=NNC(=O)c1cccc(Cl)c1)c1ccccc1. The van der Waals surface area contributed by atoms with Crippen LogP contribution >= 0.6 is 11.6 Å². The molecule has 5 nitrogen and oxygen atoms in total. The van der Waals surface area contributed by atoms with Gasteiger partial charge in [-0.2, -0.15) is 5.10 Å². The highest BCUT2D eigenvalue weighted by Gasteiger charge is 2.06. The molecule has 0 aliphatic rings. The third-order valence-electron chi connectivity index (χ3n) is 3.47. The van der Waals surface area contributed by atoms with Gasteiger partial charge in [0, 0.05) is 16.1 Å². The van der Waals surface area contributed by atoms with Crippen molar-refractivity contribution in [1.29, 1.82) is 0 Å². The summed E-state index contributed by atoms with van der Waals surface area (Å²) in [5.74, 6) is 0.194. The van der Waals surface area contributed by atoms with E-state index in [2.05, 4.69) is 29.5 Å². The monoisotopic (exact) mass is 371 g/mol. The van der Waals surface area contributed by atoms with Crippen LogP contribution in [0.25, 0.3) is 0 Å². The second-order valence-electron chi connectivity index (χ2n) is 6.06. The normalized spacial score (nSPS) is 11.8. The van der Waals surface area contributed by atoms with Crippen molar-refractivity contribution in [2.24, 2.45) is 16.2 Å². The lowest BCUT2D eigenvalue weighted by atomic mass is 10.1. The van der Waals surface area contributed by atoms with Crippen molar-refractivity contribution in [3.63, 3.8) is 0 Å². The number of hydrazone groups is 1. The Kier molecular flexibility index (Phi) is 7.83. The molecular formula is C20H22ClN3O2. The number of oxime groups is 1. The molecule has 1 N–H and O–H groups in total. The van der Waals surface area contributed by atoms with E-state index >= 15 is 0 Å². The fraction of sp³-hybridized carbons (Fsp3) is 0.250. The minimum absolute atomic E-state index is 0.352. The van der Waals surface area contributed by atoms with E-state index in [1.807, 2.05) is 30.3 Å². The molecule has 0 saturated heterocycles. The summed E-state index contributed by atoms with van der Waals surface area (Å²) in [6, 6.07) is 16.1. The lowest BCUT2D eigenvalue weighted by molar-refractivity contribution is 0.0955. The number of nitrogens with zero attached hydrogens (tertiary/aromatic N) is 2. The standard InChI is InChI=1S/C20H22ClN3O2/c1-15(2)11-12-26-22-14-19(16-7-4-3-5-8-16)23-24-20(25)17-9-6-10-18(21)13-17/h3-10,13-15H,11-12H2,1-2H3,(H,24,25). The minimum Gasteiger partial charge on any atom is -0.396 e. The molecule has 0 radical (unpaired) electrons. The van der Waals surface area contributed by atoms with Crippen LogP contribution in [0.15, 0.2) is 64.9 Å². The van der Waals surface area contributed by atoms with Crippen LogP contribution in [-0.4, -0.2) is 24.4 Å². The largest absolute Gasteiger partial charge is 0.396 e. The third kappa shape index (κ3) is 6.69. The Morgan fingerprint density at radius 1 is 1.15 bits per heavy atom. The predicted octanol–water partition coefficient (Wildman–Crippen LogP) is 4.52. The van der Waals surface area contributed by atoms with Crippen molar-refractivity contribution >= 4 is 29.4 Å². The van der Waals surface area contributed by atoms with Gasteiger partial charge in [-0.15, -0.1) is 0 Å². The highest BCUT2D eigenvalue weighted by atomic mass is 35.5. The zero-order valence-electron chi connectivity index (χ0n) is 14.9. The van der Waals surface area contributed by atoms with Gasteiger partial charge in [0.15, 0.2) is 0 Å². The van der Waals surface area contributed by atoms with Crippen molar-refractivity contribution in [3.05, 3.63) is 70.7 Å². The first-order chi connectivity index (χ1) is 12.6. The maximum Gasteiger partial charge on any atom is 0.271 e. The van der Waals surface area contributed by atoms with Crippen molar-refractivity contribution in [2.75, 3.05) is 6.61 Å². The van der Waals surface area contributed by atoms with E-state index < -0.39 is 0 Å². The van der Waals surface area contributed by atoms with E-state index in [9.17, 15) is 4.79 Å². The highest BCUT2D eigenvalue weighted by molar-refractivity contribution is 6.38. The number of hydrogen-bond acceptors (Lipinski definition) is 4. The van der Waals surface area contributed by atoms with Crippen molar-refractivity contribution in [2.45, 2.75) is 20.3 Å². The first-order valence-electron chi connectivity index (χ1n) is 8.40. The second kappa shape index (κ2) is 10.4. The van der Waals surface area contributed by atoms with Gasteiger partial charge in [0.2, 0.25) is 0 Å². The van der Waals surface area contributed by atoms with Gasteiger partial charge in [0.1, 0.15) is 12.3 Å². The van der Waals surface area contributed by atoms with Gasteiger partial charge in [-0.3, -0.25) is 4.79 Å². The van der Waals surface area contributed by atoms with E-state index in [4.69, 9.17) is 16.4 Å². The maximum absolute atomic E-state index is 12.2. The zero-order valence-corrected chi connectivity index (χ0v) is 15.6. The molecule has 0 aliphatic carbocycles. The van der Waals surface area contributed by atoms with Crippen LogP contribution in [0.4, 0.5) is 0 Å². The predicted molar refractivity (Wildman–Crippen MR) is 106 cm³/mol. The molecule has 0 aliphatic heterocycles. The van der Waals surface area contributed by atoms with Crippen LogP contribution in [0.3, 0.4) is 0 Å². The van der Waals surface area contributed by atoms with Crippen LogP contribution in [0, 0.1) is 5.92 Å². The van der Waals surface area contributed by atoms with Gasteiger partial charge in [-0.25, -0.2) is 5.43 Å². The number of hydrogen-bond donors (Lipinski definition) is 1. The van der Waals surface area contributed by atoms with Crippen LogP contribution in [0.5, 0.6) is 0 Å². The summed E-state index contributed by atoms with van der Waals surface area (Å²) < 4.78 is 0. The molecule has 0 bridgehead atoms. The molecule has 0 fully saturated rings. The van der Waals surface area contributed by atoms with Gasteiger partial charge in [-0.05, 0) is 30.5 Å². The fourth-order valence-corrected chi connectivity index (χ4v) is 2.20. The lowest BCUT2D eigenvalue weighted by Crippen LogP contribution is -2.20. The molecule has 0 aromatic heterocycles.